The highest BCUT2D eigenvalue weighted by atomic mass is 16.1. The predicted molar refractivity (Wildman–Crippen MR) is 82.4 cm³/mol. The highest BCUT2D eigenvalue weighted by Crippen LogP contribution is 2.29. The smallest absolute Gasteiger partial charge is 0.223 e. The Morgan fingerprint density at radius 2 is 2.00 bits per heavy atom. The van der Waals surface area contributed by atoms with Gasteiger partial charge in [-0.2, -0.15) is 0 Å². The van der Waals surface area contributed by atoms with E-state index in [9.17, 15) is 4.79 Å². The van der Waals surface area contributed by atoms with Crippen LogP contribution in [-0.4, -0.2) is 43.0 Å². The number of nitrogens with zero attached hydrogens (tertiary/aromatic N) is 1. The minimum atomic E-state index is 0.114. The van der Waals surface area contributed by atoms with Gasteiger partial charge in [0, 0.05) is 25.0 Å². The molecule has 4 heteroatoms. The molecule has 0 aromatic rings. The van der Waals surface area contributed by atoms with Crippen LogP contribution in [0.5, 0.6) is 0 Å². The number of nitrogens with one attached hydrogen (secondary N) is 1. The summed E-state index contributed by atoms with van der Waals surface area (Å²) in [5.74, 6) is 0.817. The molecule has 116 valence electrons. The molecule has 3 unspecified atom stereocenters. The Hall–Kier alpha value is -0.610. The first-order chi connectivity index (χ1) is 9.66. The molecular weight excluding hydrogens is 250 g/mol. The van der Waals surface area contributed by atoms with Gasteiger partial charge in [-0.3, -0.25) is 4.79 Å². The van der Waals surface area contributed by atoms with Crippen molar-refractivity contribution >= 4 is 5.91 Å². The summed E-state index contributed by atoms with van der Waals surface area (Å²) in [5, 5.41) is 3.12. The maximum atomic E-state index is 12.2. The number of hydrogen-bond donors (Lipinski definition) is 2. The lowest BCUT2D eigenvalue weighted by Gasteiger charge is -2.31. The zero-order valence-electron chi connectivity index (χ0n) is 12.9. The summed E-state index contributed by atoms with van der Waals surface area (Å²) in [5.41, 5.74) is 6.02. The SMILES string of the molecule is CC(C(=O)NCCN1CCCCC1)C1CCCC(N)C1. The van der Waals surface area contributed by atoms with Crippen LogP contribution in [0.25, 0.3) is 0 Å². The molecule has 1 amide bonds. The molecule has 0 aromatic carbocycles. The van der Waals surface area contributed by atoms with E-state index in [0.717, 1.165) is 32.4 Å². The summed E-state index contributed by atoms with van der Waals surface area (Å²) in [4.78, 5) is 14.7. The highest BCUT2D eigenvalue weighted by Gasteiger charge is 2.28. The molecular formula is C16H31N3O. The Bertz CT molecular complexity index is 302. The van der Waals surface area contributed by atoms with E-state index in [0.29, 0.717) is 12.0 Å². The van der Waals surface area contributed by atoms with Crippen molar-refractivity contribution in [1.29, 1.82) is 0 Å². The topological polar surface area (TPSA) is 58.4 Å². The zero-order valence-corrected chi connectivity index (χ0v) is 12.9. The third-order valence-electron chi connectivity index (χ3n) is 5.05. The lowest BCUT2D eigenvalue weighted by Crippen LogP contribution is -2.42. The van der Waals surface area contributed by atoms with Crippen LogP contribution in [0.2, 0.25) is 0 Å². The normalized spacial score (nSPS) is 29.9. The van der Waals surface area contributed by atoms with Gasteiger partial charge in [0.2, 0.25) is 5.91 Å². The molecule has 2 aliphatic rings. The van der Waals surface area contributed by atoms with Crippen molar-refractivity contribution in [2.75, 3.05) is 26.2 Å². The fraction of sp³-hybridized carbons (Fsp3) is 0.938. The van der Waals surface area contributed by atoms with Gasteiger partial charge in [-0.1, -0.05) is 19.8 Å². The molecule has 4 nitrogen and oxygen atoms in total. The quantitative estimate of drug-likeness (QED) is 0.807. The summed E-state index contributed by atoms with van der Waals surface area (Å²) in [6.07, 6.45) is 8.46. The average Bonchev–Trinajstić information content (AvgIpc) is 2.47. The van der Waals surface area contributed by atoms with Crippen LogP contribution >= 0.6 is 0 Å². The fourth-order valence-electron chi connectivity index (χ4n) is 3.62. The maximum absolute atomic E-state index is 12.2. The molecule has 3 N–H and O–H groups in total. The van der Waals surface area contributed by atoms with Crippen molar-refractivity contribution in [3.8, 4) is 0 Å². The van der Waals surface area contributed by atoms with E-state index in [1.165, 1.54) is 38.8 Å². The summed E-state index contributed by atoms with van der Waals surface area (Å²) in [6, 6.07) is 0.303. The molecule has 1 saturated carbocycles. The van der Waals surface area contributed by atoms with Crippen LogP contribution in [0.3, 0.4) is 0 Å². The molecule has 1 aliphatic carbocycles. The van der Waals surface area contributed by atoms with Gasteiger partial charge in [0.1, 0.15) is 0 Å². The Labute approximate surface area is 123 Å². The standard InChI is InChI=1S/C16H31N3O/c1-13(14-6-5-7-15(17)12-14)16(20)18-8-11-19-9-3-2-4-10-19/h13-15H,2-12,17H2,1H3,(H,18,20). The number of amides is 1. The van der Waals surface area contributed by atoms with Gasteiger partial charge >= 0.3 is 0 Å². The largest absolute Gasteiger partial charge is 0.355 e. The molecule has 0 spiro atoms. The van der Waals surface area contributed by atoms with Crippen LogP contribution in [0.15, 0.2) is 0 Å². The summed E-state index contributed by atoms with van der Waals surface area (Å²) < 4.78 is 0. The number of rotatable bonds is 5. The second-order valence-corrected chi connectivity index (χ2v) is 6.67. The van der Waals surface area contributed by atoms with Crippen molar-refractivity contribution in [2.45, 2.75) is 57.9 Å². The molecule has 0 bridgehead atoms. The minimum absolute atomic E-state index is 0.114. The number of nitrogens with two attached hydrogens (primary N) is 1. The van der Waals surface area contributed by atoms with Crippen LogP contribution in [0, 0.1) is 11.8 Å². The van der Waals surface area contributed by atoms with Crippen molar-refractivity contribution in [3.05, 3.63) is 0 Å². The monoisotopic (exact) mass is 281 g/mol. The van der Waals surface area contributed by atoms with E-state index >= 15 is 0 Å². The highest BCUT2D eigenvalue weighted by molar-refractivity contribution is 5.78. The number of hydrogen-bond acceptors (Lipinski definition) is 3. The van der Waals surface area contributed by atoms with E-state index in [1.54, 1.807) is 0 Å². The third-order valence-corrected chi connectivity index (χ3v) is 5.05. The Kier molecular flexibility index (Phi) is 6.30. The van der Waals surface area contributed by atoms with Gasteiger partial charge in [0.15, 0.2) is 0 Å². The lowest BCUT2D eigenvalue weighted by molar-refractivity contribution is -0.126. The summed E-state index contributed by atoms with van der Waals surface area (Å²) in [7, 11) is 0. The number of carbonyl (C=O) groups excluding carboxylic acids is 1. The lowest BCUT2D eigenvalue weighted by atomic mass is 9.78. The van der Waals surface area contributed by atoms with Crippen LogP contribution in [0.1, 0.15) is 51.9 Å². The molecule has 0 radical (unpaired) electrons. The van der Waals surface area contributed by atoms with Crippen LogP contribution in [-0.2, 0) is 4.79 Å². The van der Waals surface area contributed by atoms with E-state index < -0.39 is 0 Å². The summed E-state index contributed by atoms with van der Waals surface area (Å²) in [6.45, 7) is 6.26. The number of likely N-dealkylation sites (tertiary alicyclic amines) is 1. The van der Waals surface area contributed by atoms with Crippen molar-refractivity contribution in [3.63, 3.8) is 0 Å². The fourth-order valence-corrected chi connectivity index (χ4v) is 3.62. The van der Waals surface area contributed by atoms with Crippen LogP contribution < -0.4 is 11.1 Å². The second kappa shape index (κ2) is 7.99. The molecule has 2 rings (SSSR count). The number of piperidine rings is 1. The summed E-state index contributed by atoms with van der Waals surface area (Å²) >= 11 is 0. The molecule has 1 heterocycles. The first-order valence-corrected chi connectivity index (χ1v) is 8.42. The van der Waals surface area contributed by atoms with E-state index in [1.807, 2.05) is 0 Å². The van der Waals surface area contributed by atoms with Gasteiger partial charge in [-0.05, 0) is 51.1 Å². The van der Waals surface area contributed by atoms with Gasteiger partial charge in [0.25, 0.3) is 0 Å². The van der Waals surface area contributed by atoms with Gasteiger partial charge in [-0.15, -0.1) is 0 Å². The van der Waals surface area contributed by atoms with E-state index in [2.05, 4.69) is 17.1 Å². The molecule has 1 aliphatic heterocycles. The first kappa shape index (κ1) is 15.8. The Balaban J connectivity index is 1.65. The first-order valence-electron chi connectivity index (χ1n) is 8.42. The third kappa shape index (κ3) is 4.74. The van der Waals surface area contributed by atoms with Crippen molar-refractivity contribution in [1.82, 2.24) is 10.2 Å². The maximum Gasteiger partial charge on any atom is 0.223 e. The second-order valence-electron chi connectivity index (χ2n) is 6.67. The Morgan fingerprint density at radius 1 is 1.25 bits per heavy atom. The molecule has 2 fully saturated rings. The molecule has 0 aromatic heterocycles. The van der Waals surface area contributed by atoms with Gasteiger partial charge in [0.05, 0.1) is 0 Å². The predicted octanol–water partition coefficient (Wildman–Crippen LogP) is 1.74. The van der Waals surface area contributed by atoms with Crippen molar-refractivity contribution in [2.24, 2.45) is 17.6 Å². The minimum Gasteiger partial charge on any atom is -0.355 e. The van der Waals surface area contributed by atoms with Crippen molar-refractivity contribution < 1.29 is 4.79 Å². The van der Waals surface area contributed by atoms with E-state index in [4.69, 9.17) is 5.73 Å². The van der Waals surface area contributed by atoms with E-state index in [-0.39, 0.29) is 11.8 Å². The Morgan fingerprint density at radius 3 is 2.70 bits per heavy atom. The van der Waals surface area contributed by atoms with Gasteiger partial charge in [-0.25, -0.2) is 0 Å². The molecule has 1 saturated heterocycles. The van der Waals surface area contributed by atoms with Gasteiger partial charge < -0.3 is 16.0 Å². The van der Waals surface area contributed by atoms with Crippen LogP contribution in [0.4, 0.5) is 0 Å². The number of carbonyl (C=O) groups is 1. The zero-order chi connectivity index (χ0) is 14.4. The molecule has 3 atom stereocenters. The molecule has 20 heavy (non-hydrogen) atoms. The average molecular weight is 281 g/mol.